The monoisotopic (exact) mass is 265 g/mol. The van der Waals surface area contributed by atoms with Crippen molar-refractivity contribution in [1.82, 2.24) is 9.80 Å². The van der Waals surface area contributed by atoms with Gasteiger partial charge in [-0.3, -0.25) is 4.90 Å². The SMILES string of the molecule is CN(C)CC1CCN(Cc2ccc(N)cc2F)CC1. The topological polar surface area (TPSA) is 32.5 Å². The second-order valence-electron chi connectivity index (χ2n) is 5.83. The first-order valence-corrected chi connectivity index (χ1v) is 6.95. The Morgan fingerprint density at radius 1 is 1.32 bits per heavy atom. The van der Waals surface area contributed by atoms with Crippen LogP contribution in [0.3, 0.4) is 0 Å². The van der Waals surface area contributed by atoms with Crippen LogP contribution in [-0.2, 0) is 6.54 Å². The number of likely N-dealkylation sites (tertiary alicyclic amines) is 1. The minimum absolute atomic E-state index is 0.185. The van der Waals surface area contributed by atoms with Gasteiger partial charge in [-0.1, -0.05) is 6.07 Å². The molecule has 0 amide bonds. The summed E-state index contributed by atoms with van der Waals surface area (Å²) in [5, 5.41) is 0. The average Bonchev–Trinajstić information content (AvgIpc) is 2.34. The summed E-state index contributed by atoms with van der Waals surface area (Å²) in [4.78, 5) is 4.58. The lowest BCUT2D eigenvalue weighted by atomic mass is 9.96. The first-order valence-electron chi connectivity index (χ1n) is 6.95. The van der Waals surface area contributed by atoms with Crippen LogP contribution in [0, 0.1) is 11.7 Å². The summed E-state index contributed by atoms with van der Waals surface area (Å²) in [6, 6.07) is 4.99. The van der Waals surface area contributed by atoms with Crippen molar-refractivity contribution in [3.63, 3.8) is 0 Å². The number of hydrogen-bond donors (Lipinski definition) is 1. The van der Waals surface area contributed by atoms with E-state index in [1.54, 1.807) is 12.1 Å². The highest BCUT2D eigenvalue weighted by molar-refractivity contribution is 5.40. The van der Waals surface area contributed by atoms with Crippen LogP contribution < -0.4 is 5.73 Å². The van der Waals surface area contributed by atoms with Gasteiger partial charge in [0.2, 0.25) is 0 Å². The number of nitrogens with zero attached hydrogens (tertiary/aromatic N) is 2. The van der Waals surface area contributed by atoms with Gasteiger partial charge in [-0.15, -0.1) is 0 Å². The van der Waals surface area contributed by atoms with Gasteiger partial charge in [-0.05, 0) is 58.1 Å². The molecule has 1 aromatic rings. The van der Waals surface area contributed by atoms with Gasteiger partial charge in [-0.2, -0.15) is 0 Å². The van der Waals surface area contributed by atoms with Crippen LogP contribution in [0.2, 0.25) is 0 Å². The number of rotatable bonds is 4. The van der Waals surface area contributed by atoms with E-state index in [9.17, 15) is 4.39 Å². The van der Waals surface area contributed by atoms with Crippen LogP contribution in [0.25, 0.3) is 0 Å². The summed E-state index contributed by atoms with van der Waals surface area (Å²) < 4.78 is 13.7. The van der Waals surface area contributed by atoms with Gasteiger partial charge in [0, 0.05) is 24.3 Å². The van der Waals surface area contributed by atoms with Gasteiger partial charge in [-0.25, -0.2) is 4.39 Å². The number of nitrogen functional groups attached to an aromatic ring is 1. The molecule has 19 heavy (non-hydrogen) atoms. The molecule has 2 N–H and O–H groups in total. The maximum atomic E-state index is 13.7. The molecule has 4 heteroatoms. The summed E-state index contributed by atoms with van der Waals surface area (Å²) in [5.41, 5.74) is 6.81. The average molecular weight is 265 g/mol. The smallest absolute Gasteiger partial charge is 0.129 e. The minimum Gasteiger partial charge on any atom is -0.399 e. The molecule has 2 rings (SSSR count). The molecule has 1 fully saturated rings. The van der Waals surface area contributed by atoms with Crippen molar-refractivity contribution < 1.29 is 4.39 Å². The Bertz CT molecular complexity index is 412. The zero-order valence-electron chi connectivity index (χ0n) is 11.9. The molecule has 1 aliphatic rings. The molecule has 0 unspecified atom stereocenters. The molecule has 1 saturated heterocycles. The van der Waals surface area contributed by atoms with Crippen molar-refractivity contribution in [3.8, 4) is 0 Å². The van der Waals surface area contributed by atoms with Gasteiger partial charge >= 0.3 is 0 Å². The number of benzene rings is 1. The van der Waals surface area contributed by atoms with Gasteiger partial charge < -0.3 is 10.6 Å². The fraction of sp³-hybridized carbons (Fsp3) is 0.600. The molecule has 0 aromatic heterocycles. The standard InChI is InChI=1S/C15H24FN3/c1-18(2)10-12-5-7-19(8-6-12)11-13-3-4-14(17)9-15(13)16/h3-4,9,12H,5-8,10-11,17H2,1-2H3. The Morgan fingerprint density at radius 2 is 2.00 bits per heavy atom. The highest BCUT2D eigenvalue weighted by Crippen LogP contribution is 2.21. The lowest BCUT2D eigenvalue weighted by molar-refractivity contribution is 0.155. The molecule has 0 bridgehead atoms. The predicted octanol–water partition coefficient (Wildman–Crippen LogP) is 2.18. The minimum atomic E-state index is -0.185. The molecule has 0 radical (unpaired) electrons. The molecular formula is C15H24FN3. The Labute approximate surface area is 115 Å². The van der Waals surface area contributed by atoms with Gasteiger partial charge in [0.05, 0.1) is 0 Å². The zero-order chi connectivity index (χ0) is 13.8. The normalized spacial score (nSPS) is 18.1. The van der Waals surface area contributed by atoms with Crippen LogP contribution >= 0.6 is 0 Å². The molecule has 3 nitrogen and oxygen atoms in total. The third-order valence-electron chi connectivity index (χ3n) is 3.80. The number of halogens is 1. The summed E-state index contributed by atoms with van der Waals surface area (Å²) in [5.74, 6) is 0.595. The van der Waals surface area contributed by atoms with Crippen LogP contribution in [0.15, 0.2) is 18.2 Å². The van der Waals surface area contributed by atoms with E-state index < -0.39 is 0 Å². The van der Waals surface area contributed by atoms with E-state index in [2.05, 4.69) is 23.9 Å². The molecule has 0 atom stereocenters. The lowest BCUT2D eigenvalue weighted by Crippen LogP contribution is -2.36. The Morgan fingerprint density at radius 3 is 2.58 bits per heavy atom. The van der Waals surface area contributed by atoms with Crippen LogP contribution in [0.5, 0.6) is 0 Å². The molecule has 1 aliphatic heterocycles. The second kappa shape index (κ2) is 6.35. The molecule has 0 spiro atoms. The largest absolute Gasteiger partial charge is 0.399 e. The second-order valence-corrected chi connectivity index (χ2v) is 5.83. The lowest BCUT2D eigenvalue weighted by Gasteiger charge is -2.33. The van der Waals surface area contributed by atoms with Crippen LogP contribution in [0.1, 0.15) is 18.4 Å². The molecule has 106 valence electrons. The molecule has 1 heterocycles. The Hall–Kier alpha value is -1.13. The molecule has 0 saturated carbocycles. The van der Waals surface area contributed by atoms with E-state index in [1.165, 1.54) is 18.9 Å². The van der Waals surface area contributed by atoms with E-state index in [0.717, 1.165) is 31.1 Å². The van der Waals surface area contributed by atoms with E-state index in [-0.39, 0.29) is 5.82 Å². The predicted molar refractivity (Wildman–Crippen MR) is 77.4 cm³/mol. The van der Waals surface area contributed by atoms with Crippen molar-refractivity contribution in [2.45, 2.75) is 19.4 Å². The quantitative estimate of drug-likeness (QED) is 0.847. The van der Waals surface area contributed by atoms with Crippen LogP contribution in [-0.4, -0.2) is 43.5 Å². The van der Waals surface area contributed by atoms with Crippen molar-refractivity contribution in [1.29, 1.82) is 0 Å². The highest BCUT2D eigenvalue weighted by Gasteiger charge is 2.20. The Kier molecular flexibility index (Phi) is 4.77. The third kappa shape index (κ3) is 4.18. The number of piperidine rings is 1. The molecule has 1 aromatic carbocycles. The van der Waals surface area contributed by atoms with E-state index in [0.29, 0.717) is 12.2 Å². The number of anilines is 1. The summed E-state index contributed by atoms with van der Waals surface area (Å²) >= 11 is 0. The van der Waals surface area contributed by atoms with E-state index in [4.69, 9.17) is 5.73 Å². The van der Waals surface area contributed by atoms with Gasteiger partial charge in [0.1, 0.15) is 5.82 Å². The fourth-order valence-corrected chi connectivity index (χ4v) is 2.78. The van der Waals surface area contributed by atoms with Crippen molar-refractivity contribution in [2.24, 2.45) is 5.92 Å². The maximum absolute atomic E-state index is 13.7. The van der Waals surface area contributed by atoms with Crippen molar-refractivity contribution >= 4 is 5.69 Å². The zero-order valence-corrected chi connectivity index (χ0v) is 11.9. The van der Waals surface area contributed by atoms with Crippen molar-refractivity contribution in [3.05, 3.63) is 29.6 Å². The maximum Gasteiger partial charge on any atom is 0.129 e. The first-order chi connectivity index (χ1) is 9.04. The summed E-state index contributed by atoms with van der Waals surface area (Å²) in [6.07, 6.45) is 2.41. The van der Waals surface area contributed by atoms with Crippen molar-refractivity contribution in [2.75, 3.05) is 39.5 Å². The Balaban J connectivity index is 1.85. The molecular weight excluding hydrogens is 241 g/mol. The number of nitrogens with two attached hydrogens (primary N) is 1. The van der Waals surface area contributed by atoms with Crippen LogP contribution in [0.4, 0.5) is 10.1 Å². The third-order valence-corrected chi connectivity index (χ3v) is 3.80. The fourth-order valence-electron chi connectivity index (χ4n) is 2.78. The first kappa shape index (κ1) is 14.3. The summed E-state index contributed by atoms with van der Waals surface area (Å²) in [7, 11) is 4.24. The summed E-state index contributed by atoms with van der Waals surface area (Å²) in [6.45, 7) is 3.97. The highest BCUT2D eigenvalue weighted by atomic mass is 19.1. The van der Waals surface area contributed by atoms with E-state index in [1.807, 2.05) is 0 Å². The van der Waals surface area contributed by atoms with Gasteiger partial charge in [0.15, 0.2) is 0 Å². The van der Waals surface area contributed by atoms with E-state index >= 15 is 0 Å². The van der Waals surface area contributed by atoms with Gasteiger partial charge in [0.25, 0.3) is 0 Å². The number of hydrogen-bond acceptors (Lipinski definition) is 3. The molecule has 0 aliphatic carbocycles.